The number of hydrogen-bond acceptors (Lipinski definition) is 6. The number of allylic oxidation sites excluding steroid dienone is 1. The Bertz CT molecular complexity index is 860. The Balaban J connectivity index is 1.94. The second-order valence-electron chi connectivity index (χ2n) is 6.81. The maximum atomic E-state index is 13.0. The molecule has 2 heterocycles. The van der Waals surface area contributed by atoms with Crippen molar-refractivity contribution in [1.29, 1.82) is 0 Å². The van der Waals surface area contributed by atoms with Gasteiger partial charge in [-0.3, -0.25) is 14.4 Å². The predicted molar refractivity (Wildman–Crippen MR) is 89.4 cm³/mol. The molecule has 0 radical (unpaired) electrons. The van der Waals surface area contributed by atoms with Gasteiger partial charge in [0.2, 0.25) is 12.6 Å². The van der Waals surface area contributed by atoms with Crippen LogP contribution in [-0.2, 0) is 24.7 Å². The highest BCUT2D eigenvalue weighted by molar-refractivity contribution is 6.45. The molecule has 1 amide bonds. The van der Waals surface area contributed by atoms with E-state index in [1.807, 2.05) is 13.0 Å². The van der Waals surface area contributed by atoms with Crippen LogP contribution >= 0.6 is 0 Å². The van der Waals surface area contributed by atoms with Crippen LogP contribution < -0.4 is 14.8 Å². The highest BCUT2D eigenvalue weighted by Crippen LogP contribution is 2.55. The normalized spacial score (nSPS) is 29.1. The van der Waals surface area contributed by atoms with E-state index < -0.39 is 28.6 Å². The molecule has 1 fully saturated rings. The molecule has 1 saturated heterocycles. The van der Waals surface area contributed by atoms with Gasteiger partial charge in [-0.15, -0.1) is 0 Å². The lowest BCUT2D eigenvalue weighted by Crippen LogP contribution is -2.57. The van der Waals surface area contributed by atoms with Gasteiger partial charge < -0.3 is 19.5 Å². The van der Waals surface area contributed by atoms with Crippen molar-refractivity contribution in [3.63, 3.8) is 0 Å². The third-order valence-electron chi connectivity index (χ3n) is 5.44. The van der Waals surface area contributed by atoms with Crippen molar-refractivity contribution in [2.45, 2.75) is 32.2 Å². The topological polar surface area (TPSA) is 90.9 Å². The Kier molecular flexibility index (Phi) is 3.57. The van der Waals surface area contributed by atoms with Crippen LogP contribution in [0.15, 0.2) is 29.8 Å². The summed E-state index contributed by atoms with van der Waals surface area (Å²) in [6, 6.07) is 5.22. The van der Waals surface area contributed by atoms with Crippen molar-refractivity contribution in [2.75, 3.05) is 13.4 Å². The first-order chi connectivity index (χ1) is 12.4. The predicted octanol–water partition coefficient (Wildman–Crippen LogP) is 1.60. The number of ether oxygens (including phenoxy) is 3. The van der Waals surface area contributed by atoms with Crippen LogP contribution in [0.4, 0.5) is 0 Å². The molecular weight excluding hydrogens is 338 g/mol. The molecule has 1 aliphatic carbocycles. The Hall–Kier alpha value is -2.83. The van der Waals surface area contributed by atoms with E-state index in [1.54, 1.807) is 25.1 Å². The molecule has 0 spiro atoms. The summed E-state index contributed by atoms with van der Waals surface area (Å²) in [5.41, 5.74) is -1.21. The smallest absolute Gasteiger partial charge is 0.323 e. The Morgan fingerprint density at radius 1 is 1.27 bits per heavy atom. The van der Waals surface area contributed by atoms with Crippen molar-refractivity contribution < 1.29 is 28.6 Å². The van der Waals surface area contributed by atoms with E-state index >= 15 is 0 Å². The molecule has 2 atom stereocenters. The molecule has 1 aromatic carbocycles. The van der Waals surface area contributed by atoms with Crippen molar-refractivity contribution >= 4 is 17.7 Å². The SMILES string of the molecule is CCOC(=O)[C@]12CC=C(C)C[C@@]1(c1ccc3c(c1)OCO3)NC(=O)C2=O. The number of carbonyl (C=O) groups is 3. The maximum absolute atomic E-state index is 13.0. The Morgan fingerprint density at radius 3 is 2.81 bits per heavy atom. The van der Waals surface area contributed by atoms with Crippen molar-refractivity contribution in [3.8, 4) is 11.5 Å². The van der Waals surface area contributed by atoms with Gasteiger partial charge in [-0.25, -0.2) is 0 Å². The van der Waals surface area contributed by atoms with Crippen LogP contribution in [0.3, 0.4) is 0 Å². The molecule has 2 aliphatic heterocycles. The van der Waals surface area contributed by atoms with Gasteiger partial charge in [-0.05, 0) is 44.4 Å². The number of hydrogen-bond donors (Lipinski definition) is 1. The molecule has 4 rings (SSSR count). The number of fused-ring (bicyclic) bond motifs is 2. The molecule has 7 nitrogen and oxygen atoms in total. The largest absolute Gasteiger partial charge is 0.465 e. The molecule has 136 valence electrons. The number of esters is 1. The van der Waals surface area contributed by atoms with Gasteiger partial charge in [0.05, 0.1) is 12.1 Å². The van der Waals surface area contributed by atoms with Crippen molar-refractivity contribution in [3.05, 3.63) is 35.4 Å². The molecule has 0 aromatic heterocycles. The minimum absolute atomic E-state index is 0.110. The zero-order valence-corrected chi connectivity index (χ0v) is 14.6. The van der Waals surface area contributed by atoms with E-state index in [9.17, 15) is 14.4 Å². The standard InChI is InChI=1S/C19H19NO6/c1-3-24-17(23)18-7-6-11(2)9-19(18,20-16(22)15(18)21)12-4-5-13-14(8-12)26-10-25-13/h4-6,8H,3,7,9-10H2,1-2H3,(H,20,22)/t18-,19+/m1/s1. The zero-order valence-electron chi connectivity index (χ0n) is 14.6. The van der Waals surface area contributed by atoms with Crippen molar-refractivity contribution in [2.24, 2.45) is 5.41 Å². The summed E-state index contributed by atoms with van der Waals surface area (Å²) in [5.74, 6) is -1.08. The number of nitrogens with one attached hydrogen (secondary N) is 1. The first kappa shape index (κ1) is 16.6. The molecular formula is C19H19NO6. The second-order valence-corrected chi connectivity index (χ2v) is 6.81. The second kappa shape index (κ2) is 5.59. The third-order valence-corrected chi connectivity index (χ3v) is 5.44. The van der Waals surface area contributed by atoms with E-state index in [2.05, 4.69) is 5.32 Å². The summed E-state index contributed by atoms with van der Waals surface area (Å²) in [7, 11) is 0. The van der Waals surface area contributed by atoms with Gasteiger partial charge in [0.25, 0.3) is 5.91 Å². The van der Waals surface area contributed by atoms with Crippen LogP contribution in [-0.4, -0.2) is 31.1 Å². The van der Waals surface area contributed by atoms with E-state index in [-0.39, 0.29) is 19.8 Å². The number of ketones is 1. The summed E-state index contributed by atoms with van der Waals surface area (Å²) in [6.45, 7) is 3.83. The summed E-state index contributed by atoms with van der Waals surface area (Å²) in [6.07, 6.45) is 2.28. The number of carbonyl (C=O) groups excluding carboxylic acids is 3. The van der Waals surface area contributed by atoms with Gasteiger partial charge in [0.15, 0.2) is 16.9 Å². The Morgan fingerprint density at radius 2 is 2.04 bits per heavy atom. The van der Waals surface area contributed by atoms with Crippen LogP contribution in [0.1, 0.15) is 32.3 Å². The molecule has 26 heavy (non-hydrogen) atoms. The van der Waals surface area contributed by atoms with Gasteiger partial charge in [-0.2, -0.15) is 0 Å². The molecule has 3 aliphatic rings. The lowest BCUT2D eigenvalue weighted by Gasteiger charge is -2.44. The minimum atomic E-state index is -1.62. The van der Waals surface area contributed by atoms with Crippen LogP contribution in [0.5, 0.6) is 11.5 Å². The van der Waals surface area contributed by atoms with Gasteiger partial charge in [-0.1, -0.05) is 17.7 Å². The lowest BCUT2D eigenvalue weighted by atomic mass is 9.59. The van der Waals surface area contributed by atoms with E-state index in [0.717, 1.165) is 5.57 Å². The minimum Gasteiger partial charge on any atom is -0.465 e. The van der Waals surface area contributed by atoms with Gasteiger partial charge in [0.1, 0.15) is 0 Å². The monoisotopic (exact) mass is 357 g/mol. The van der Waals surface area contributed by atoms with E-state index in [1.165, 1.54) is 0 Å². The first-order valence-corrected chi connectivity index (χ1v) is 8.54. The van der Waals surface area contributed by atoms with Crippen LogP contribution in [0.25, 0.3) is 0 Å². The molecule has 0 bridgehead atoms. The number of amides is 1. The fourth-order valence-corrected chi connectivity index (χ4v) is 4.21. The van der Waals surface area contributed by atoms with Crippen LogP contribution in [0, 0.1) is 5.41 Å². The highest BCUT2D eigenvalue weighted by Gasteiger charge is 2.70. The molecule has 0 unspecified atom stereocenters. The maximum Gasteiger partial charge on any atom is 0.323 e. The molecule has 1 aromatic rings. The molecule has 1 N–H and O–H groups in total. The van der Waals surface area contributed by atoms with E-state index in [0.29, 0.717) is 23.5 Å². The summed E-state index contributed by atoms with van der Waals surface area (Å²) in [4.78, 5) is 38.3. The van der Waals surface area contributed by atoms with E-state index in [4.69, 9.17) is 14.2 Å². The summed E-state index contributed by atoms with van der Waals surface area (Å²) >= 11 is 0. The van der Waals surface area contributed by atoms with Gasteiger partial charge >= 0.3 is 5.97 Å². The highest BCUT2D eigenvalue weighted by atomic mass is 16.7. The average molecular weight is 357 g/mol. The number of benzene rings is 1. The quantitative estimate of drug-likeness (QED) is 0.382. The third kappa shape index (κ3) is 1.97. The molecule has 7 heteroatoms. The van der Waals surface area contributed by atoms with Crippen molar-refractivity contribution in [1.82, 2.24) is 5.32 Å². The fourth-order valence-electron chi connectivity index (χ4n) is 4.21. The fraction of sp³-hybridized carbons (Fsp3) is 0.421. The zero-order chi connectivity index (χ0) is 18.5. The molecule has 0 saturated carbocycles. The average Bonchev–Trinajstić information content (AvgIpc) is 3.17. The number of Topliss-reactive ketones (excluding diaryl/α,β-unsaturated/α-hetero) is 1. The van der Waals surface area contributed by atoms with Gasteiger partial charge in [0, 0.05) is 0 Å². The summed E-state index contributed by atoms with van der Waals surface area (Å²) < 4.78 is 16.0. The lowest BCUT2D eigenvalue weighted by molar-refractivity contribution is -0.164. The summed E-state index contributed by atoms with van der Waals surface area (Å²) in [5, 5.41) is 2.81. The number of rotatable bonds is 3. The van der Waals surface area contributed by atoms with Crippen LogP contribution in [0.2, 0.25) is 0 Å². The Labute approximate surface area is 150 Å². The first-order valence-electron chi connectivity index (χ1n) is 8.54.